The van der Waals surface area contributed by atoms with Crippen molar-refractivity contribution in [2.24, 2.45) is 5.92 Å². The molecule has 0 unspecified atom stereocenters. The van der Waals surface area contributed by atoms with Crippen LogP contribution in [0, 0.1) is 5.92 Å². The van der Waals surface area contributed by atoms with Crippen molar-refractivity contribution < 1.29 is 9.53 Å². The minimum absolute atomic E-state index is 0.106. The lowest BCUT2D eigenvalue weighted by atomic mass is 9.80. The van der Waals surface area contributed by atoms with E-state index in [1.54, 1.807) is 0 Å². The molecule has 4 heteroatoms. The van der Waals surface area contributed by atoms with Crippen molar-refractivity contribution in [2.45, 2.75) is 38.8 Å². The molecule has 1 aromatic carbocycles. The van der Waals surface area contributed by atoms with Crippen LogP contribution in [0.2, 0.25) is 0 Å². The summed E-state index contributed by atoms with van der Waals surface area (Å²) in [5.74, 6) is 0.580. The van der Waals surface area contributed by atoms with Gasteiger partial charge in [0, 0.05) is 18.4 Å². The number of nitrogens with one attached hydrogen (secondary N) is 1. The topological polar surface area (TPSA) is 51.2 Å². The molecule has 1 heterocycles. The molecule has 1 aromatic heterocycles. The van der Waals surface area contributed by atoms with Crippen molar-refractivity contribution >= 4 is 16.8 Å². The molecule has 1 aliphatic carbocycles. The smallest absolute Gasteiger partial charge is 0.220 e. The van der Waals surface area contributed by atoms with Gasteiger partial charge in [-0.25, -0.2) is 0 Å². The number of benzene rings is 1. The molecule has 3 rings (SSSR count). The number of carbonyl (C=O) groups excluding carboxylic acids is 1. The van der Waals surface area contributed by atoms with E-state index >= 15 is 0 Å². The monoisotopic (exact) mass is 298 g/mol. The van der Waals surface area contributed by atoms with E-state index in [9.17, 15) is 4.79 Å². The summed E-state index contributed by atoms with van der Waals surface area (Å²) in [4.78, 5) is 16.5. The van der Waals surface area contributed by atoms with Gasteiger partial charge in [0.25, 0.3) is 0 Å². The van der Waals surface area contributed by atoms with Crippen molar-refractivity contribution in [3.63, 3.8) is 0 Å². The molecule has 1 aliphatic rings. The quantitative estimate of drug-likeness (QED) is 0.891. The molecule has 2 aromatic rings. The second-order valence-corrected chi connectivity index (χ2v) is 5.89. The molecule has 22 heavy (non-hydrogen) atoms. The summed E-state index contributed by atoms with van der Waals surface area (Å²) in [6, 6.07) is 12.0. The van der Waals surface area contributed by atoms with Gasteiger partial charge in [0.05, 0.1) is 23.9 Å². The normalized spacial score (nSPS) is 20.6. The highest BCUT2D eigenvalue weighted by atomic mass is 16.5. The van der Waals surface area contributed by atoms with Gasteiger partial charge in [-0.15, -0.1) is 0 Å². The molecule has 0 aliphatic heterocycles. The first-order valence-electron chi connectivity index (χ1n) is 7.97. The van der Waals surface area contributed by atoms with Crippen molar-refractivity contribution in [1.29, 1.82) is 0 Å². The highest BCUT2D eigenvalue weighted by Crippen LogP contribution is 2.32. The van der Waals surface area contributed by atoms with E-state index in [4.69, 9.17) is 4.74 Å². The SMILES string of the molecule is CCOC1CC(CC(=O)NCc2ccc3ccccc3n2)C1. The van der Waals surface area contributed by atoms with Crippen LogP contribution in [0.25, 0.3) is 10.9 Å². The zero-order valence-corrected chi connectivity index (χ0v) is 12.9. The number of rotatable bonds is 6. The zero-order valence-electron chi connectivity index (χ0n) is 12.9. The van der Waals surface area contributed by atoms with Crippen LogP contribution in [0.15, 0.2) is 36.4 Å². The van der Waals surface area contributed by atoms with Gasteiger partial charge in [0.15, 0.2) is 0 Å². The summed E-state index contributed by atoms with van der Waals surface area (Å²) in [6.07, 6.45) is 2.98. The Hall–Kier alpha value is -1.94. The van der Waals surface area contributed by atoms with Gasteiger partial charge in [0.1, 0.15) is 0 Å². The lowest BCUT2D eigenvalue weighted by Crippen LogP contribution is -2.35. The molecular formula is C18H22N2O2. The Kier molecular flexibility index (Phi) is 4.68. The molecule has 0 saturated heterocycles. The van der Waals surface area contributed by atoms with Gasteiger partial charge in [-0.3, -0.25) is 9.78 Å². The predicted molar refractivity (Wildman–Crippen MR) is 86.3 cm³/mol. The Balaban J connectivity index is 1.46. The Morgan fingerprint density at radius 3 is 2.91 bits per heavy atom. The molecule has 0 bridgehead atoms. The molecular weight excluding hydrogens is 276 g/mol. The second kappa shape index (κ2) is 6.88. The maximum atomic E-state index is 12.0. The first-order valence-corrected chi connectivity index (χ1v) is 7.97. The van der Waals surface area contributed by atoms with Gasteiger partial charge in [0.2, 0.25) is 5.91 Å². The number of hydrogen-bond acceptors (Lipinski definition) is 3. The number of aromatic nitrogens is 1. The molecule has 1 N–H and O–H groups in total. The number of fused-ring (bicyclic) bond motifs is 1. The highest BCUT2D eigenvalue weighted by Gasteiger charge is 2.30. The minimum Gasteiger partial charge on any atom is -0.378 e. The van der Waals surface area contributed by atoms with Crippen molar-refractivity contribution in [1.82, 2.24) is 10.3 Å². The van der Waals surface area contributed by atoms with Gasteiger partial charge in [-0.2, -0.15) is 0 Å². The van der Waals surface area contributed by atoms with Crippen LogP contribution in [0.3, 0.4) is 0 Å². The molecule has 1 saturated carbocycles. The predicted octanol–water partition coefficient (Wildman–Crippen LogP) is 3.06. The van der Waals surface area contributed by atoms with Crippen LogP contribution in [-0.4, -0.2) is 23.6 Å². The molecule has 0 radical (unpaired) electrons. The van der Waals surface area contributed by atoms with Crippen molar-refractivity contribution in [3.05, 3.63) is 42.1 Å². The lowest BCUT2D eigenvalue weighted by molar-refractivity contribution is -0.124. The Morgan fingerprint density at radius 1 is 1.27 bits per heavy atom. The number of carbonyl (C=O) groups is 1. The number of ether oxygens (including phenoxy) is 1. The van der Waals surface area contributed by atoms with Crippen molar-refractivity contribution in [3.8, 4) is 0 Å². The fourth-order valence-corrected chi connectivity index (χ4v) is 2.94. The number of nitrogens with zero attached hydrogens (tertiary/aromatic N) is 1. The molecule has 0 atom stereocenters. The molecule has 1 amide bonds. The fraction of sp³-hybridized carbons (Fsp3) is 0.444. The fourth-order valence-electron chi connectivity index (χ4n) is 2.94. The average Bonchev–Trinajstić information content (AvgIpc) is 2.51. The van der Waals surface area contributed by atoms with Gasteiger partial charge in [-0.05, 0) is 37.8 Å². The molecule has 116 valence electrons. The first kappa shape index (κ1) is 15.0. The summed E-state index contributed by atoms with van der Waals surface area (Å²) in [7, 11) is 0. The lowest BCUT2D eigenvalue weighted by Gasteiger charge is -2.34. The van der Waals surface area contributed by atoms with Gasteiger partial charge < -0.3 is 10.1 Å². The van der Waals surface area contributed by atoms with Crippen molar-refractivity contribution in [2.75, 3.05) is 6.61 Å². The van der Waals surface area contributed by atoms with E-state index < -0.39 is 0 Å². The highest BCUT2D eigenvalue weighted by molar-refractivity contribution is 5.79. The minimum atomic E-state index is 0.106. The van der Waals surface area contributed by atoms with Gasteiger partial charge in [-0.1, -0.05) is 24.3 Å². The number of hydrogen-bond donors (Lipinski definition) is 1. The summed E-state index contributed by atoms with van der Waals surface area (Å²) in [5.41, 5.74) is 1.86. The van der Waals surface area contributed by atoms with Crippen LogP contribution in [0.5, 0.6) is 0 Å². The largest absolute Gasteiger partial charge is 0.378 e. The molecule has 4 nitrogen and oxygen atoms in total. The van der Waals surface area contributed by atoms with E-state index in [1.807, 2.05) is 43.3 Å². The van der Waals surface area contributed by atoms with Crippen LogP contribution >= 0.6 is 0 Å². The maximum absolute atomic E-state index is 12.0. The van der Waals surface area contributed by atoms with E-state index in [-0.39, 0.29) is 5.91 Å². The number of amides is 1. The van der Waals surface area contributed by atoms with Crippen LogP contribution in [-0.2, 0) is 16.1 Å². The van der Waals surface area contributed by atoms with Gasteiger partial charge >= 0.3 is 0 Å². The summed E-state index contributed by atoms with van der Waals surface area (Å²) < 4.78 is 5.52. The van der Waals surface area contributed by atoms with E-state index in [2.05, 4.69) is 10.3 Å². The Labute approximate surface area is 130 Å². The zero-order chi connectivity index (χ0) is 15.4. The first-order chi connectivity index (χ1) is 10.7. The molecule has 1 fully saturated rings. The third-order valence-corrected chi connectivity index (χ3v) is 4.19. The third kappa shape index (κ3) is 3.63. The van der Waals surface area contributed by atoms with E-state index in [1.165, 1.54) is 0 Å². The summed E-state index contributed by atoms with van der Waals surface area (Å²) in [5, 5.41) is 4.09. The van der Waals surface area contributed by atoms with E-state index in [0.29, 0.717) is 25.0 Å². The molecule has 0 spiro atoms. The standard InChI is InChI=1S/C18H22N2O2/c1-2-22-16-9-13(10-16)11-18(21)19-12-15-8-7-14-5-3-4-6-17(14)20-15/h3-8,13,16H,2,9-12H2,1H3,(H,19,21). The van der Waals surface area contributed by atoms with Crippen LogP contribution < -0.4 is 5.32 Å². The van der Waals surface area contributed by atoms with E-state index in [0.717, 1.165) is 36.0 Å². The van der Waals surface area contributed by atoms with Crippen LogP contribution in [0.4, 0.5) is 0 Å². The Bertz CT molecular complexity index is 650. The van der Waals surface area contributed by atoms with Crippen LogP contribution in [0.1, 0.15) is 31.9 Å². The average molecular weight is 298 g/mol. The Morgan fingerprint density at radius 2 is 2.09 bits per heavy atom. The number of pyridine rings is 1. The summed E-state index contributed by atoms with van der Waals surface area (Å²) in [6.45, 7) is 3.26. The summed E-state index contributed by atoms with van der Waals surface area (Å²) >= 11 is 0. The second-order valence-electron chi connectivity index (χ2n) is 5.89. The number of para-hydroxylation sites is 1. The third-order valence-electron chi connectivity index (χ3n) is 4.19. The maximum Gasteiger partial charge on any atom is 0.220 e.